The molecule has 0 radical (unpaired) electrons. The summed E-state index contributed by atoms with van der Waals surface area (Å²) in [7, 11) is 0. The summed E-state index contributed by atoms with van der Waals surface area (Å²) in [6, 6.07) is 9.42. The van der Waals surface area contributed by atoms with E-state index in [9.17, 15) is 28.8 Å². The molecule has 0 heterocycles. The third kappa shape index (κ3) is 16.3. The normalized spacial score (nSPS) is 9.39. The van der Waals surface area contributed by atoms with E-state index < -0.39 is 23.4 Å². The number of halogens is 2. The summed E-state index contributed by atoms with van der Waals surface area (Å²) in [5, 5.41) is 19.6. The average Bonchev–Trinajstić information content (AvgIpc) is 2.84. The molecule has 0 aromatic heterocycles. The average molecular weight is 569 g/mol. The Hall–Kier alpha value is -2.04. The van der Waals surface area contributed by atoms with Gasteiger partial charge in [0.05, 0.1) is 0 Å². The Balaban J connectivity index is 0.000000465. The Morgan fingerprint density at radius 2 is 1.09 bits per heavy atom. The summed E-state index contributed by atoms with van der Waals surface area (Å²) in [5.41, 5.74) is 2.69. The maximum Gasteiger partial charge on any atom is 0.240 e. The van der Waals surface area contributed by atoms with E-state index in [0.717, 1.165) is 24.3 Å². The van der Waals surface area contributed by atoms with Gasteiger partial charge < -0.3 is 21.4 Å². The second kappa shape index (κ2) is 20.6. The Labute approximate surface area is 204 Å². The summed E-state index contributed by atoms with van der Waals surface area (Å²) in [4.78, 5) is 21.2. The minimum Gasteiger partial charge on any atom is -0.759 e. The van der Waals surface area contributed by atoms with E-state index in [-0.39, 0.29) is 32.3 Å². The van der Waals surface area contributed by atoms with Crippen LogP contribution in [-0.4, -0.2) is 33.0 Å². The van der Waals surface area contributed by atoms with E-state index in [0.29, 0.717) is 0 Å². The van der Waals surface area contributed by atoms with Gasteiger partial charge in [0.2, 0.25) is 11.8 Å². The molecule has 0 unspecified atom stereocenters. The van der Waals surface area contributed by atoms with Gasteiger partial charge in [-0.3, -0.25) is 9.59 Å². The van der Waals surface area contributed by atoms with Gasteiger partial charge in [-0.1, -0.05) is 0 Å². The Bertz CT molecular complexity index is 710. The van der Waals surface area contributed by atoms with Crippen LogP contribution < -0.4 is 11.0 Å². The molecule has 0 aliphatic heterocycles. The molecule has 0 saturated carbocycles. The smallest absolute Gasteiger partial charge is 0.240 e. The zero-order chi connectivity index (χ0) is 24.9. The van der Waals surface area contributed by atoms with Gasteiger partial charge in [-0.15, -0.1) is 0 Å². The van der Waals surface area contributed by atoms with Gasteiger partial charge in [-0.2, -0.15) is 0 Å². The van der Waals surface area contributed by atoms with Gasteiger partial charge >= 0.3 is 82.4 Å². The number of rotatable bonds is 10. The van der Waals surface area contributed by atoms with Crippen LogP contribution in [0, 0.1) is 22.0 Å². The minimum atomic E-state index is -0.759. The Morgan fingerprint density at radius 1 is 0.697 bits per heavy atom. The monoisotopic (exact) mass is 570 g/mol. The fraction of sp³-hybridized carbons (Fsp3) is 0.417. The number of amides is 2. The Kier molecular flexibility index (Phi) is 19.3. The van der Waals surface area contributed by atoms with Crippen molar-refractivity contribution in [1.82, 2.24) is 11.0 Å². The number of hydrogen-bond acceptors (Lipinski definition) is 4. The second-order valence-corrected chi connectivity index (χ2v) is 11.3. The number of nitrogens with one attached hydrogen (secondary N) is 2. The van der Waals surface area contributed by atoms with Crippen LogP contribution in [0.3, 0.4) is 0 Å². The van der Waals surface area contributed by atoms with Crippen molar-refractivity contribution in [2.75, 3.05) is 0 Å². The van der Waals surface area contributed by atoms with Crippen molar-refractivity contribution < 1.29 is 18.4 Å². The van der Waals surface area contributed by atoms with Gasteiger partial charge in [-0.05, 0) is 48.5 Å². The maximum absolute atomic E-state index is 12.2. The number of hydroxylamine groups is 2. The molecule has 0 atom stereocenters. The van der Waals surface area contributed by atoms with Crippen LogP contribution in [0.1, 0.15) is 73.1 Å². The van der Waals surface area contributed by atoms with E-state index in [1.165, 1.54) is 67.3 Å². The molecular weight excluding hydrogens is 537 g/mol. The van der Waals surface area contributed by atoms with E-state index in [1.807, 2.05) is 0 Å². The summed E-state index contributed by atoms with van der Waals surface area (Å²) in [6.07, 6.45) is 8.83. The molecule has 33 heavy (non-hydrogen) atoms. The van der Waals surface area contributed by atoms with Crippen molar-refractivity contribution in [3.63, 3.8) is 0 Å². The van der Waals surface area contributed by atoms with Crippen LogP contribution in [0.15, 0.2) is 48.5 Å². The molecular formula is C24H32F2N2O4Sn. The van der Waals surface area contributed by atoms with Gasteiger partial charge in [0.25, 0.3) is 0 Å². The molecule has 2 aromatic rings. The Morgan fingerprint density at radius 3 is 1.45 bits per heavy atom. The van der Waals surface area contributed by atoms with Gasteiger partial charge in [0.1, 0.15) is 11.6 Å². The van der Waals surface area contributed by atoms with Gasteiger partial charge in [0, 0.05) is 11.1 Å². The van der Waals surface area contributed by atoms with Crippen LogP contribution in [0.2, 0.25) is 8.87 Å². The molecule has 6 nitrogen and oxygen atoms in total. The molecule has 0 aliphatic carbocycles. The van der Waals surface area contributed by atoms with Gasteiger partial charge in [0.15, 0.2) is 0 Å². The van der Waals surface area contributed by atoms with Crippen LogP contribution in [0.5, 0.6) is 0 Å². The fourth-order valence-electron chi connectivity index (χ4n) is 2.42. The number of unbranched alkanes of at least 4 members (excludes halogenated alkanes) is 4. The zero-order valence-corrected chi connectivity index (χ0v) is 22.0. The first kappa shape index (κ1) is 31.0. The molecule has 2 amide bonds. The van der Waals surface area contributed by atoms with Gasteiger partial charge in [-0.25, -0.2) is 8.78 Å². The summed E-state index contributed by atoms with van der Waals surface area (Å²) < 4.78 is 27.8. The predicted molar refractivity (Wildman–Crippen MR) is 129 cm³/mol. The largest absolute Gasteiger partial charge is 0.759 e. The zero-order valence-electron chi connectivity index (χ0n) is 19.2. The van der Waals surface area contributed by atoms with Crippen LogP contribution >= 0.6 is 0 Å². The van der Waals surface area contributed by atoms with Crippen molar-refractivity contribution in [3.8, 4) is 0 Å². The molecule has 2 rings (SSSR count). The summed E-state index contributed by atoms with van der Waals surface area (Å²) >= 11 is 0.127. The molecule has 2 aromatic carbocycles. The van der Waals surface area contributed by atoms with E-state index in [1.54, 1.807) is 15.3 Å². The first-order chi connectivity index (χ1) is 15.9. The third-order valence-electron chi connectivity index (χ3n) is 4.31. The van der Waals surface area contributed by atoms with E-state index in [2.05, 4.69) is 13.8 Å². The topological polar surface area (TPSA) is 104 Å². The fourth-order valence-corrected chi connectivity index (χ4v) is 6.29. The van der Waals surface area contributed by atoms with Crippen molar-refractivity contribution in [3.05, 3.63) is 81.7 Å². The second-order valence-electron chi connectivity index (χ2n) is 7.04. The molecule has 0 fully saturated rings. The quantitative estimate of drug-likeness (QED) is 0.208. The molecule has 2 N–H and O–H groups in total. The van der Waals surface area contributed by atoms with Crippen molar-refractivity contribution in [2.24, 2.45) is 0 Å². The number of carbonyl (C=O) groups excluding carboxylic acids is 2. The SMILES string of the molecule is CCCCC[CH2][Sn+2][CH2]CCC.O=C(N[O-])c1ccc(F)cc1.O=C(N[O-])c1ccc(F)cc1. The van der Waals surface area contributed by atoms with Crippen LogP contribution in [0.25, 0.3) is 0 Å². The van der Waals surface area contributed by atoms with E-state index in [4.69, 9.17) is 0 Å². The predicted octanol–water partition coefficient (Wildman–Crippen LogP) is 6.01. The number of hydrogen-bond donors (Lipinski definition) is 2. The number of benzene rings is 2. The summed E-state index contributed by atoms with van der Waals surface area (Å²) in [6.45, 7) is 4.59. The maximum atomic E-state index is 12.2. The van der Waals surface area contributed by atoms with Crippen molar-refractivity contribution in [2.45, 2.75) is 61.2 Å². The standard InChI is InChI=1S/2C7H5FNO2.C6H13.C4H9.Sn/c2*8-6-3-1-5(2-4-6)7(10)9-11;1-3-5-6-4-2;1-3-4-2;/h2*1-4H,(H-,9,10,11);1,3-6H2,2H3;1,3-4H2,2H3;/q2*-1;;;+2. The van der Waals surface area contributed by atoms with Crippen molar-refractivity contribution in [1.29, 1.82) is 0 Å². The molecule has 0 spiro atoms. The molecule has 9 heteroatoms. The van der Waals surface area contributed by atoms with Crippen LogP contribution in [0.4, 0.5) is 8.78 Å². The van der Waals surface area contributed by atoms with Crippen molar-refractivity contribution >= 4 is 33.0 Å². The molecule has 0 aliphatic rings. The first-order valence-corrected chi connectivity index (χ1v) is 15.0. The molecule has 0 saturated heterocycles. The first-order valence-electron chi connectivity index (χ1n) is 11.0. The minimum absolute atomic E-state index is 0.127. The number of carbonyl (C=O) groups is 2. The molecule has 0 bridgehead atoms. The summed E-state index contributed by atoms with van der Waals surface area (Å²) in [5.74, 6) is -2.39. The third-order valence-corrected chi connectivity index (χ3v) is 8.35. The van der Waals surface area contributed by atoms with E-state index >= 15 is 0 Å². The van der Waals surface area contributed by atoms with Crippen LogP contribution in [-0.2, 0) is 0 Å². The molecule has 180 valence electrons.